The summed E-state index contributed by atoms with van der Waals surface area (Å²) < 4.78 is 1.80. The standard InChI is InChI=1S/C21H25.C13H21.C6H10.Zr/c1-20(2,3)16-7-9-18-14(12-16)11-15-13-17(21(4,5)6)8-10-19(15)18;1-6-10-8-11(7-2)12(9-10)13(3,4)5;1-2-4-6-5-3-1;/h7-10,12H,11H2,1-6H3;9-10H,6-7H2,1-5H3;1-5H2;/q2*-1;;+2. The Morgan fingerprint density at radius 3 is 1.88 bits per heavy atom. The van der Waals surface area contributed by atoms with Crippen molar-refractivity contribution in [3.63, 3.8) is 0 Å². The van der Waals surface area contributed by atoms with E-state index < -0.39 is 0 Å². The molecule has 0 amide bonds. The molecule has 0 spiro atoms. The van der Waals surface area contributed by atoms with Gasteiger partial charge in [0.1, 0.15) is 0 Å². The van der Waals surface area contributed by atoms with E-state index in [1.807, 2.05) is 0 Å². The Labute approximate surface area is 268 Å². The zero-order chi connectivity index (χ0) is 30.6. The van der Waals surface area contributed by atoms with Crippen LogP contribution in [0.25, 0.3) is 11.1 Å². The Bertz CT molecular complexity index is 1190. The second-order valence-corrected chi connectivity index (χ2v) is 17.0. The Hall–Kier alpha value is -1.33. The molecule has 0 nitrogen and oxygen atoms in total. The summed E-state index contributed by atoms with van der Waals surface area (Å²) in [5.41, 5.74) is 12.0. The summed E-state index contributed by atoms with van der Waals surface area (Å²) in [6, 6.07) is 15.2. The fourth-order valence-electron chi connectivity index (χ4n) is 5.87. The van der Waals surface area contributed by atoms with Gasteiger partial charge in [-0.2, -0.15) is 35.4 Å². The molecule has 0 saturated heterocycles. The third kappa shape index (κ3) is 9.33. The molecule has 0 aromatic heterocycles. The van der Waals surface area contributed by atoms with Gasteiger partial charge < -0.3 is 0 Å². The van der Waals surface area contributed by atoms with Gasteiger partial charge in [-0.3, -0.25) is 6.08 Å². The first-order chi connectivity index (χ1) is 19.0. The topological polar surface area (TPSA) is 0 Å². The molecule has 2 aromatic carbocycles. The van der Waals surface area contributed by atoms with Gasteiger partial charge in [0.2, 0.25) is 0 Å². The van der Waals surface area contributed by atoms with Crippen molar-refractivity contribution >= 4 is 3.21 Å². The second kappa shape index (κ2) is 14.0. The number of rotatable bonds is 2. The summed E-state index contributed by atoms with van der Waals surface area (Å²) in [6.45, 7) is 24.9. The summed E-state index contributed by atoms with van der Waals surface area (Å²) in [5.74, 6) is 0.573. The van der Waals surface area contributed by atoms with Gasteiger partial charge in [0.15, 0.2) is 0 Å². The maximum atomic E-state index is 3.67. The van der Waals surface area contributed by atoms with E-state index in [1.165, 1.54) is 83.1 Å². The average molecular weight is 628 g/mol. The first-order valence-corrected chi connectivity index (χ1v) is 17.4. The van der Waals surface area contributed by atoms with Gasteiger partial charge in [0.25, 0.3) is 0 Å². The van der Waals surface area contributed by atoms with Crippen LogP contribution in [0.4, 0.5) is 0 Å². The fraction of sp³-hybridized carbons (Fsp3) is 0.575. The molecule has 1 fully saturated rings. The van der Waals surface area contributed by atoms with Gasteiger partial charge in [0.05, 0.1) is 0 Å². The minimum absolute atomic E-state index is 0.167. The molecule has 1 heteroatoms. The summed E-state index contributed by atoms with van der Waals surface area (Å²) >= 11 is 1.69. The van der Waals surface area contributed by atoms with Crippen molar-refractivity contribution < 1.29 is 24.2 Å². The molecule has 0 radical (unpaired) electrons. The monoisotopic (exact) mass is 626 g/mol. The van der Waals surface area contributed by atoms with Crippen LogP contribution in [0.3, 0.4) is 0 Å². The van der Waals surface area contributed by atoms with E-state index in [-0.39, 0.29) is 10.8 Å². The molecule has 5 rings (SSSR count). The SMILES string of the molecule is CC(C)(C)c1[c-]c2c(cc1)-c1ccc(C(C)(C)C)cc1C2.CCC1=[C-]C(CC)C=C1C(C)(C)C.[Zr+2]=[C]1CCCCC1. The predicted octanol–water partition coefficient (Wildman–Crippen LogP) is 11.5. The number of hydrogen-bond acceptors (Lipinski definition) is 0. The molecule has 0 bridgehead atoms. The van der Waals surface area contributed by atoms with Crippen molar-refractivity contribution in [2.45, 2.75) is 138 Å². The molecule has 3 aliphatic carbocycles. The molecule has 220 valence electrons. The third-order valence-corrected chi connectivity index (χ3v) is 9.80. The minimum atomic E-state index is 0.167. The molecule has 1 saturated carbocycles. The summed E-state index contributed by atoms with van der Waals surface area (Å²) in [6.07, 6.45) is 16.6. The number of benzene rings is 2. The van der Waals surface area contributed by atoms with Crippen LogP contribution in [0, 0.1) is 23.5 Å². The van der Waals surface area contributed by atoms with Gasteiger partial charge in [-0.05, 0) is 28.4 Å². The van der Waals surface area contributed by atoms with Crippen molar-refractivity contribution in [3.8, 4) is 11.1 Å². The Morgan fingerprint density at radius 1 is 0.780 bits per heavy atom. The van der Waals surface area contributed by atoms with Crippen LogP contribution < -0.4 is 0 Å². The van der Waals surface area contributed by atoms with E-state index >= 15 is 0 Å². The van der Waals surface area contributed by atoms with Crippen molar-refractivity contribution in [2.75, 3.05) is 0 Å². The van der Waals surface area contributed by atoms with Crippen LogP contribution in [0.2, 0.25) is 0 Å². The van der Waals surface area contributed by atoms with E-state index in [9.17, 15) is 0 Å². The third-order valence-electron chi connectivity index (χ3n) is 8.58. The van der Waals surface area contributed by atoms with Gasteiger partial charge in [-0.15, -0.1) is 11.1 Å². The van der Waals surface area contributed by atoms with Crippen molar-refractivity contribution in [2.24, 2.45) is 11.3 Å². The van der Waals surface area contributed by atoms with Crippen molar-refractivity contribution in [3.05, 3.63) is 82.0 Å². The Balaban J connectivity index is 0.000000196. The first-order valence-electron chi connectivity index (χ1n) is 16.1. The predicted molar refractivity (Wildman–Crippen MR) is 177 cm³/mol. The zero-order valence-corrected chi connectivity index (χ0v) is 30.7. The number of fused-ring (bicyclic) bond motifs is 3. The normalized spacial score (nSPS) is 18.4. The summed E-state index contributed by atoms with van der Waals surface area (Å²) in [7, 11) is 0. The molecule has 1 unspecified atom stereocenters. The van der Waals surface area contributed by atoms with Gasteiger partial charge >= 0.3 is 59.5 Å². The summed E-state index contributed by atoms with van der Waals surface area (Å²) in [4.78, 5) is 0. The van der Waals surface area contributed by atoms with E-state index in [2.05, 4.69) is 125 Å². The van der Waals surface area contributed by atoms with E-state index in [0.29, 0.717) is 11.3 Å². The van der Waals surface area contributed by atoms with Crippen LogP contribution in [-0.4, -0.2) is 3.21 Å². The molecular weight excluding hydrogens is 572 g/mol. The molecule has 2 aromatic rings. The average Bonchev–Trinajstić information content (AvgIpc) is 3.49. The van der Waals surface area contributed by atoms with Gasteiger partial charge in [-0.1, -0.05) is 124 Å². The molecule has 0 N–H and O–H groups in total. The fourth-order valence-corrected chi connectivity index (χ4v) is 6.74. The Morgan fingerprint density at radius 2 is 1.41 bits per heavy atom. The van der Waals surface area contributed by atoms with Crippen LogP contribution >= 0.6 is 0 Å². The number of hydrogen-bond donors (Lipinski definition) is 0. The zero-order valence-electron chi connectivity index (χ0n) is 28.2. The van der Waals surface area contributed by atoms with Gasteiger partial charge in [-0.25, -0.2) is 5.57 Å². The van der Waals surface area contributed by atoms with Crippen LogP contribution in [0.5, 0.6) is 0 Å². The first kappa shape index (κ1) is 34.2. The van der Waals surface area contributed by atoms with Crippen LogP contribution in [-0.2, 0) is 41.5 Å². The summed E-state index contributed by atoms with van der Waals surface area (Å²) in [5, 5.41) is 0. The second-order valence-electron chi connectivity index (χ2n) is 15.3. The molecule has 1 atom stereocenters. The van der Waals surface area contributed by atoms with Crippen LogP contribution in [0.1, 0.15) is 143 Å². The quantitative estimate of drug-likeness (QED) is 0.248. The Kier molecular flexibility index (Phi) is 11.6. The molecule has 41 heavy (non-hydrogen) atoms. The maximum absolute atomic E-state index is 3.67. The van der Waals surface area contributed by atoms with Crippen molar-refractivity contribution in [1.29, 1.82) is 0 Å². The molecular formula is C40H56Zr. The van der Waals surface area contributed by atoms with E-state index in [0.717, 1.165) is 12.8 Å². The van der Waals surface area contributed by atoms with Gasteiger partial charge in [0, 0.05) is 0 Å². The van der Waals surface area contributed by atoms with E-state index in [4.69, 9.17) is 0 Å². The molecule has 3 aliphatic rings. The van der Waals surface area contributed by atoms with Crippen molar-refractivity contribution in [1.82, 2.24) is 0 Å². The van der Waals surface area contributed by atoms with Crippen LogP contribution in [0.15, 0.2) is 47.6 Å². The molecule has 0 aliphatic heterocycles. The number of allylic oxidation sites excluding steroid dienone is 4. The molecule has 0 heterocycles. The van der Waals surface area contributed by atoms with E-state index in [1.54, 1.807) is 27.4 Å².